The summed E-state index contributed by atoms with van der Waals surface area (Å²) in [6.45, 7) is -3.49. The highest BCUT2D eigenvalue weighted by atomic mass is 32.5. The number of anilines is 1. The number of rotatable bonds is 11. The Labute approximate surface area is 239 Å². The second kappa shape index (κ2) is 12.4. The number of ether oxygens (including phenoxy) is 2. The third-order valence-corrected chi connectivity index (χ3v) is 10.0. The zero-order chi connectivity index (χ0) is 31.2. The largest absolute Gasteiger partial charge is 0.481 e. The number of phosphoric acid groups is 1. The summed E-state index contributed by atoms with van der Waals surface area (Å²) in [5.74, 6) is -0.0493. The summed E-state index contributed by atoms with van der Waals surface area (Å²) in [5.41, 5.74) is 3.18. The van der Waals surface area contributed by atoms with Crippen LogP contribution in [0.2, 0.25) is 0 Å². The molecule has 12 atom stereocenters. The van der Waals surface area contributed by atoms with Gasteiger partial charge in [-0.1, -0.05) is 6.58 Å². The number of fused-ring (bicyclic) bond motifs is 1. The van der Waals surface area contributed by atoms with Gasteiger partial charge in [0.25, 0.3) is 0 Å². The van der Waals surface area contributed by atoms with Gasteiger partial charge in [0.05, 0.1) is 19.5 Å². The predicted molar refractivity (Wildman–Crippen MR) is 137 cm³/mol. The van der Waals surface area contributed by atoms with Crippen molar-refractivity contribution in [3.05, 3.63) is 30.8 Å². The van der Waals surface area contributed by atoms with Gasteiger partial charge in [-0.05, 0) is 17.9 Å². The number of aliphatic hydroxyl groups is 5. The van der Waals surface area contributed by atoms with E-state index in [1.54, 1.807) is 0 Å². The van der Waals surface area contributed by atoms with E-state index in [-0.39, 0.29) is 22.5 Å². The zero-order valence-corrected chi connectivity index (χ0v) is 23.7. The molecule has 2 aromatic heterocycles. The van der Waals surface area contributed by atoms with Crippen molar-refractivity contribution in [1.82, 2.24) is 9.97 Å². The number of alkyl halides is 2. The summed E-state index contributed by atoms with van der Waals surface area (Å²) in [4.78, 5) is 28.2. The van der Waals surface area contributed by atoms with Gasteiger partial charge in [0.2, 0.25) is 0 Å². The first-order chi connectivity index (χ1) is 19.5. The number of nitrogen functional groups attached to an aromatic ring is 1. The van der Waals surface area contributed by atoms with Crippen LogP contribution in [0.25, 0.3) is 11.1 Å². The van der Waals surface area contributed by atoms with Gasteiger partial charge in [-0.15, -0.1) is 0 Å². The first kappa shape index (κ1) is 33.3. The summed E-state index contributed by atoms with van der Waals surface area (Å²) >= 11 is 4.69. The molecule has 0 aliphatic carbocycles. The van der Waals surface area contributed by atoms with Crippen LogP contribution in [0.15, 0.2) is 29.7 Å². The first-order valence-corrected chi connectivity index (χ1v) is 15.9. The fraction of sp³-hybridized carbons (Fsp3) is 0.600. The van der Waals surface area contributed by atoms with Crippen LogP contribution in [0.4, 0.5) is 14.6 Å². The molecule has 17 nitrogen and oxygen atoms in total. The third-order valence-electron chi connectivity index (χ3n) is 6.50. The first-order valence-electron chi connectivity index (χ1n) is 11.8. The minimum atomic E-state index is -5.55. The lowest BCUT2D eigenvalue weighted by Crippen LogP contribution is -2.60. The lowest BCUT2D eigenvalue weighted by Gasteiger charge is -2.41. The van der Waals surface area contributed by atoms with Crippen molar-refractivity contribution in [2.75, 3.05) is 18.9 Å². The molecule has 2 aliphatic heterocycles. The maximum Gasteiger partial charge on any atom is 0.481 e. The maximum atomic E-state index is 15.9. The van der Waals surface area contributed by atoms with Crippen molar-refractivity contribution in [3.8, 4) is 0 Å². The molecule has 9 N–H and O–H groups in total. The van der Waals surface area contributed by atoms with Gasteiger partial charge in [0.15, 0.2) is 29.5 Å². The molecule has 4 rings (SSSR count). The van der Waals surface area contributed by atoms with Crippen LogP contribution >= 0.6 is 14.5 Å². The van der Waals surface area contributed by atoms with Crippen LogP contribution in [0.3, 0.4) is 0 Å². The predicted octanol–water partition coefficient (Wildman–Crippen LogP) is -0.995. The summed E-state index contributed by atoms with van der Waals surface area (Å²) in [7, 11) is -5.55. The summed E-state index contributed by atoms with van der Waals surface area (Å²) < 4.78 is 72.1. The van der Waals surface area contributed by atoms with Gasteiger partial charge in [0.1, 0.15) is 54.6 Å². The Balaban J connectivity index is 1.44. The molecular formula is C20H27F2N3O14P2S. The van der Waals surface area contributed by atoms with E-state index in [1.165, 1.54) is 0 Å². The van der Waals surface area contributed by atoms with Gasteiger partial charge in [-0.2, -0.15) is 0 Å². The van der Waals surface area contributed by atoms with E-state index in [0.717, 1.165) is 18.7 Å². The Kier molecular flexibility index (Phi) is 9.86. The number of nitrogens with zero attached hydrogens (tertiary/aromatic N) is 2. The van der Waals surface area contributed by atoms with Crippen molar-refractivity contribution < 1.29 is 75.9 Å². The minimum absolute atomic E-state index is 0.0179. The normalized spacial score (nSPS) is 37.3. The maximum absolute atomic E-state index is 15.9. The average molecular weight is 665 g/mol. The lowest BCUT2D eigenvalue weighted by atomic mass is 9.89. The van der Waals surface area contributed by atoms with Crippen molar-refractivity contribution in [2.45, 2.75) is 60.9 Å². The molecule has 0 radical (unpaired) electrons. The fourth-order valence-corrected chi connectivity index (χ4v) is 7.47. The molecular weight excluding hydrogens is 638 g/mol. The Bertz CT molecular complexity index is 1390. The van der Waals surface area contributed by atoms with Crippen LogP contribution in [0, 0.1) is 0 Å². The smallest absolute Gasteiger partial charge is 0.458 e. The number of hydrogen-bond donors (Lipinski definition) is 8. The van der Waals surface area contributed by atoms with E-state index in [9.17, 15) is 39.2 Å². The second-order valence-electron chi connectivity index (χ2n) is 9.22. The Morgan fingerprint density at radius 3 is 2.55 bits per heavy atom. The second-order valence-corrected chi connectivity index (χ2v) is 13.6. The van der Waals surface area contributed by atoms with E-state index in [4.69, 9.17) is 29.3 Å². The number of nitrogens with two attached hydrogens (primary N) is 1. The standard InChI is InChI=1S/C20H27F2N3O14P2S/c1-2-20(22)16(30)9(36-17(20)7-4-34-15-10(7)24-6-25-18(15)23)5-35-41(33,42)39-40(31,32)38-19-13(29)11(27)12(28)14(37-19)8(21)3-26/h2,4,6,8-9,11-14,16-17,19,26-30H,1,3,5H2,(H,31,32)(H,33,42)(H2,23,24,25)/t8-,9+,11?,12?,13?,14?,16+,17-,19?,20+,41?/m0/s1. The van der Waals surface area contributed by atoms with Crippen LogP contribution < -0.4 is 5.73 Å². The molecule has 0 saturated carbocycles. The highest BCUT2D eigenvalue weighted by molar-refractivity contribution is 8.08. The minimum Gasteiger partial charge on any atom is -0.458 e. The molecule has 0 spiro atoms. The highest BCUT2D eigenvalue weighted by Crippen LogP contribution is 2.62. The van der Waals surface area contributed by atoms with Gasteiger partial charge < -0.3 is 59.5 Å². The number of halogens is 2. The van der Waals surface area contributed by atoms with Crippen LogP contribution in [0.5, 0.6) is 0 Å². The van der Waals surface area contributed by atoms with Crippen molar-refractivity contribution in [3.63, 3.8) is 0 Å². The van der Waals surface area contributed by atoms with Crippen LogP contribution in [-0.4, -0.2) is 113 Å². The molecule has 2 aromatic rings. The molecule has 4 heterocycles. The SMILES string of the molecule is C=C[C@@]1(F)[C@H](O)[C@@H](COP(O)(=S)OP(=O)(O)OC2OC([C@@H](F)CO)C(O)C(O)C2O)O[C@H]1c1coc2c(N)ncnc12. The number of phosphoric ester groups is 1. The quantitative estimate of drug-likeness (QED) is 0.106. The van der Waals surface area contributed by atoms with E-state index in [0.29, 0.717) is 0 Å². The van der Waals surface area contributed by atoms with Crippen LogP contribution in [0.1, 0.15) is 11.7 Å². The number of aromatic nitrogens is 2. The third kappa shape index (κ3) is 6.44. The van der Waals surface area contributed by atoms with Gasteiger partial charge in [0, 0.05) is 5.56 Å². The van der Waals surface area contributed by atoms with E-state index in [2.05, 4.69) is 37.2 Å². The average Bonchev–Trinajstić information content (AvgIpc) is 3.46. The highest BCUT2D eigenvalue weighted by Gasteiger charge is 2.57. The van der Waals surface area contributed by atoms with Gasteiger partial charge in [-0.3, -0.25) is 4.52 Å². The zero-order valence-electron chi connectivity index (χ0n) is 21.1. The van der Waals surface area contributed by atoms with Gasteiger partial charge in [-0.25, -0.2) is 27.6 Å². The van der Waals surface area contributed by atoms with Crippen molar-refractivity contribution >= 4 is 43.3 Å². The molecule has 42 heavy (non-hydrogen) atoms. The van der Waals surface area contributed by atoms with Gasteiger partial charge >= 0.3 is 14.5 Å². The Morgan fingerprint density at radius 1 is 1.21 bits per heavy atom. The molecule has 0 aromatic carbocycles. The lowest BCUT2D eigenvalue weighted by molar-refractivity contribution is -0.287. The molecule has 2 saturated heterocycles. The Hall–Kier alpha value is -1.58. The fourth-order valence-electron chi connectivity index (χ4n) is 4.37. The summed E-state index contributed by atoms with van der Waals surface area (Å²) in [5, 5.41) is 49.4. The monoisotopic (exact) mass is 665 g/mol. The molecule has 236 valence electrons. The molecule has 2 aliphatic rings. The summed E-state index contributed by atoms with van der Waals surface area (Å²) in [6, 6.07) is 0. The molecule has 0 bridgehead atoms. The van der Waals surface area contributed by atoms with E-state index < -0.39 is 88.6 Å². The van der Waals surface area contributed by atoms with E-state index >= 15 is 4.39 Å². The van der Waals surface area contributed by atoms with Crippen molar-refractivity contribution in [1.29, 1.82) is 0 Å². The number of aliphatic hydroxyl groups excluding tert-OH is 5. The molecule has 2 fully saturated rings. The Morgan fingerprint density at radius 2 is 1.90 bits per heavy atom. The number of hydrogen-bond acceptors (Lipinski definition) is 16. The van der Waals surface area contributed by atoms with E-state index in [1.807, 2.05) is 0 Å². The number of furan rings is 1. The summed E-state index contributed by atoms with van der Waals surface area (Å²) in [6.07, 6.45) is -15.3. The molecule has 0 amide bonds. The topological polar surface area (TPSA) is 270 Å². The molecule has 7 unspecified atom stereocenters. The van der Waals surface area contributed by atoms with Crippen LogP contribution in [-0.2, 0) is 39.2 Å². The molecule has 22 heteroatoms. The van der Waals surface area contributed by atoms with Crippen molar-refractivity contribution in [2.24, 2.45) is 0 Å².